The van der Waals surface area contributed by atoms with Crippen molar-refractivity contribution in [1.82, 2.24) is 39.7 Å². The summed E-state index contributed by atoms with van der Waals surface area (Å²) in [6, 6.07) is 5.23. The normalized spacial score (nSPS) is 17.2. The number of anilines is 1. The van der Waals surface area contributed by atoms with Crippen LogP contribution < -0.4 is 5.32 Å². The molecule has 0 spiro atoms. The number of likely N-dealkylation sites (tertiary alicyclic amines) is 2. The number of amides is 3. The Balaban J connectivity index is 1.21. The van der Waals surface area contributed by atoms with E-state index in [0.717, 1.165) is 12.8 Å². The van der Waals surface area contributed by atoms with Gasteiger partial charge in [-0.25, -0.2) is 18.6 Å². The lowest BCUT2D eigenvalue weighted by atomic mass is 9.97. The third-order valence-electron chi connectivity index (χ3n) is 6.89. The van der Waals surface area contributed by atoms with Gasteiger partial charge in [-0.15, -0.1) is 0 Å². The Labute approximate surface area is 212 Å². The summed E-state index contributed by atoms with van der Waals surface area (Å²) in [5.74, 6) is -0.596. The largest absolute Gasteiger partial charge is 0.331 e. The number of nitrogens with zero attached hydrogens (tertiary/aromatic N) is 7. The lowest BCUT2D eigenvalue weighted by Gasteiger charge is -2.47. The first-order valence-electron chi connectivity index (χ1n) is 12.1. The molecule has 2 N–H and O–H groups in total. The highest BCUT2D eigenvalue weighted by Crippen LogP contribution is 2.32. The van der Waals surface area contributed by atoms with Crippen LogP contribution in [-0.2, 0) is 0 Å². The van der Waals surface area contributed by atoms with E-state index in [-0.39, 0.29) is 23.5 Å². The number of carbonyl (C=O) groups excluding carboxylic acids is 2. The summed E-state index contributed by atoms with van der Waals surface area (Å²) in [6.07, 6.45) is 3.62. The molecule has 0 radical (unpaired) electrons. The van der Waals surface area contributed by atoms with Crippen molar-refractivity contribution >= 4 is 17.6 Å². The number of alkyl halides is 2. The smallest absolute Gasteiger partial charge is 0.319 e. The number of hydrogen-bond acceptors (Lipinski definition) is 6. The fourth-order valence-electron chi connectivity index (χ4n) is 4.81. The molecule has 13 heteroatoms. The lowest BCUT2D eigenvalue weighted by molar-refractivity contribution is 0.0234. The van der Waals surface area contributed by atoms with Crippen molar-refractivity contribution in [2.75, 3.05) is 45.6 Å². The van der Waals surface area contributed by atoms with E-state index in [4.69, 9.17) is 0 Å². The molecule has 5 rings (SSSR count). The monoisotopic (exact) mass is 513 g/mol. The molecule has 2 aliphatic heterocycles. The quantitative estimate of drug-likeness (QED) is 0.524. The summed E-state index contributed by atoms with van der Waals surface area (Å²) in [5, 5.41) is 13.2. The third-order valence-corrected chi connectivity index (χ3v) is 6.89. The Morgan fingerprint density at radius 1 is 1.16 bits per heavy atom. The van der Waals surface area contributed by atoms with E-state index >= 15 is 0 Å². The Morgan fingerprint density at radius 3 is 2.57 bits per heavy atom. The molecular weight excluding hydrogens is 484 g/mol. The predicted molar refractivity (Wildman–Crippen MR) is 131 cm³/mol. The standard InChI is InChI=1S/C24H29F2N9O2/c1-32(2)24(37)33-8-6-16(7-9-33)34-12-17(13-34)35-14-20(21(31-35)22(25)26)30-23(36)19-5-3-4-18(29-19)15-10-27-28-11-15/h3-5,10-11,14,16-17,22H,6-9,12-13H2,1-2H3,(H,27,28)(H,30,36). The van der Waals surface area contributed by atoms with Crippen LogP contribution in [0.3, 0.4) is 0 Å². The van der Waals surface area contributed by atoms with E-state index < -0.39 is 18.0 Å². The fraction of sp³-hybridized carbons (Fsp3) is 0.458. The zero-order valence-corrected chi connectivity index (χ0v) is 20.6. The Bertz CT molecular complexity index is 1250. The first-order chi connectivity index (χ1) is 17.8. The number of aromatic nitrogens is 5. The third kappa shape index (κ3) is 5.17. The maximum absolute atomic E-state index is 13.8. The molecule has 2 saturated heterocycles. The van der Waals surface area contributed by atoms with Crippen LogP contribution in [0.15, 0.2) is 36.8 Å². The van der Waals surface area contributed by atoms with Crippen molar-refractivity contribution < 1.29 is 18.4 Å². The molecule has 0 bridgehead atoms. The Hall–Kier alpha value is -3.87. The van der Waals surface area contributed by atoms with Crippen LogP contribution in [0.2, 0.25) is 0 Å². The molecule has 0 atom stereocenters. The fourth-order valence-corrected chi connectivity index (χ4v) is 4.81. The average molecular weight is 514 g/mol. The first kappa shape index (κ1) is 24.8. The number of rotatable bonds is 6. The van der Waals surface area contributed by atoms with Gasteiger partial charge in [0.1, 0.15) is 5.69 Å². The highest BCUT2D eigenvalue weighted by atomic mass is 19.3. The zero-order chi connectivity index (χ0) is 26.1. The number of urea groups is 1. The number of H-pyrrole nitrogens is 1. The molecule has 0 aromatic carbocycles. The van der Waals surface area contributed by atoms with Crippen molar-refractivity contribution in [2.45, 2.75) is 31.4 Å². The van der Waals surface area contributed by atoms with Gasteiger partial charge in [0.25, 0.3) is 12.3 Å². The van der Waals surface area contributed by atoms with Crippen LogP contribution in [0, 0.1) is 0 Å². The summed E-state index contributed by atoms with van der Waals surface area (Å²) < 4.78 is 29.0. The first-order valence-corrected chi connectivity index (χ1v) is 12.1. The van der Waals surface area contributed by atoms with E-state index in [1.165, 1.54) is 16.9 Å². The van der Waals surface area contributed by atoms with Gasteiger partial charge in [0.05, 0.1) is 23.6 Å². The van der Waals surface area contributed by atoms with Crippen LogP contribution >= 0.6 is 0 Å². The number of pyridine rings is 1. The van der Waals surface area contributed by atoms with Gasteiger partial charge in [-0.1, -0.05) is 6.07 Å². The van der Waals surface area contributed by atoms with Crippen molar-refractivity contribution in [3.63, 3.8) is 0 Å². The van der Waals surface area contributed by atoms with Crippen molar-refractivity contribution in [3.8, 4) is 11.3 Å². The number of halogens is 2. The molecule has 2 fully saturated rings. The molecule has 2 aliphatic rings. The summed E-state index contributed by atoms with van der Waals surface area (Å²) in [6.45, 7) is 2.76. The maximum atomic E-state index is 13.8. The second-order valence-corrected chi connectivity index (χ2v) is 9.56. The molecule has 0 unspecified atom stereocenters. The van der Waals surface area contributed by atoms with Crippen LogP contribution in [-0.4, -0.2) is 97.9 Å². The molecule has 37 heavy (non-hydrogen) atoms. The molecule has 0 aliphatic carbocycles. The predicted octanol–water partition coefficient (Wildman–Crippen LogP) is 2.86. The molecule has 11 nitrogen and oxygen atoms in total. The van der Waals surface area contributed by atoms with E-state index in [1.807, 2.05) is 4.90 Å². The van der Waals surface area contributed by atoms with Crippen molar-refractivity contribution in [2.24, 2.45) is 0 Å². The minimum absolute atomic E-state index is 0.0222. The van der Waals surface area contributed by atoms with Gasteiger partial charge in [-0.3, -0.25) is 19.5 Å². The van der Waals surface area contributed by atoms with E-state index in [1.54, 1.807) is 43.5 Å². The SMILES string of the molecule is CN(C)C(=O)N1CCC(N2CC(n3cc(NC(=O)c4cccc(-c5cn[nH]c5)n4)c(C(F)F)n3)C2)CC1. The lowest BCUT2D eigenvalue weighted by Crippen LogP contribution is -2.56. The van der Waals surface area contributed by atoms with Crippen molar-refractivity contribution in [3.05, 3.63) is 48.2 Å². The number of nitrogens with one attached hydrogen (secondary N) is 2. The minimum atomic E-state index is -2.84. The average Bonchev–Trinajstić information content (AvgIpc) is 3.54. The van der Waals surface area contributed by atoms with Crippen LogP contribution in [0.4, 0.5) is 19.3 Å². The van der Waals surface area contributed by atoms with Gasteiger partial charge < -0.3 is 15.1 Å². The second kappa shape index (κ2) is 10.2. The van der Waals surface area contributed by atoms with E-state index in [0.29, 0.717) is 43.5 Å². The van der Waals surface area contributed by atoms with Crippen LogP contribution in [0.25, 0.3) is 11.3 Å². The topological polar surface area (TPSA) is 115 Å². The Kier molecular flexibility index (Phi) is 6.87. The summed E-state index contributed by atoms with van der Waals surface area (Å²) in [7, 11) is 3.50. The maximum Gasteiger partial charge on any atom is 0.319 e. The minimum Gasteiger partial charge on any atom is -0.331 e. The molecule has 0 saturated carbocycles. The number of hydrogen-bond donors (Lipinski definition) is 2. The zero-order valence-electron chi connectivity index (χ0n) is 20.6. The van der Waals surface area contributed by atoms with Gasteiger partial charge >= 0.3 is 6.03 Å². The van der Waals surface area contributed by atoms with Crippen LogP contribution in [0.1, 0.15) is 41.5 Å². The molecule has 3 aromatic rings. The molecule has 196 valence electrons. The molecule has 5 heterocycles. The number of carbonyl (C=O) groups is 2. The summed E-state index contributed by atoms with van der Waals surface area (Å²) >= 11 is 0. The van der Waals surface area contributed by atoms with Gasteiger partial charge in [-0.05, 0) is 25.0 Å². The Morgan fingerprint density at radius 2 is 1.92 bits per heavy atom. The van der Waals surface area contributed by atoms with Crippen LogP contribution in [0.5, 0.6) is 0 Å². The second-order valence-electron chi connectivity index (χ2n) is 9.56. The van der Waals surface area contributed by atoms with E-state index in [2.05, 4.69) is 30.5 Å². The van der Waals surface area contributed by atoms with Crippen molar-refractivity contribution in [1.29, 1.82) is 0 Å². The van der Waals surface area contributed by atoms with E-state index in [9.17, 15) is 18.4 Å². The highest BCUT2D eigenvalue weighted by Gasteiger charge is 2.37. The highest BCUT2D eigenvalue weighted by molar-refractivity contribution is 6.03. The number of aromatic amines is 1. The summed E-state index contributed by atoms with van der Waals surface area (Å²) in [5.41, 5.74) is 0.858. The van der Waals surface area contributed by atoms with Gasteiger partial charge in [0, 0.05) is 64.3 Å². The summed E-state index contributed by atoms with van der Waals surface area (Å²) in [4.78, 5) is 35.0. The molecular formula is C24H29F2N9O2. The number of piperidine rings is 1. The molecule has 3 amide bonds. The molecule has 3 aromatic heterocycles. The van der Waals surface area contributed by atoms with Gasteiger partial charge in [0.2, 0.25) is 0 Å². The van der Waals surface area contributed by atoms with Gasteiger partial charge in [-0.2, -0.15) is 10.2 Å². The van der Waals surface area contributed by atoms with Gasteiger partial charge in [0.15, 0.2) is 5.69 Å².